The molecule has 1 aliphatic heterocycles. The van der Waals surface area contributed by atoms with Gasteiger partial charge in [0.15, 0.2) is 0 Å². The van der Waals surface area contributed by atoms with Crippen LogP contribution in [0.5, 0.6) is 5.75 Å². The second-order valence-corrected chi connectivity index (χ2v) is 14.7. The minimum atomic E-state index is -1.07. The number of amides is 3. The largest absolute Gasteiger partial charge is 0.508 e. The Balaban J connectivity index is 0.818. The van der Waals surface area contributed by atoms with Crippen molar-refractivity contribution in [3.63, 3.8) is 0 Å². The fourth-order valence-corrected chi connectivity index (χ4v) is 7.50. The molecule has 6 aromatic rings. The van der Waals surface area contributed by atoms with Crippen molar-refractivity contribution >= 4 is 39.7 Å². The van der Waals surface area contributed by atoms with Crippen molar-refractivity contribution in [2.45, 2.75) is 51.5 Å². The Labute approximate surface area is 347 Å². The minimum absolute atomic E-state index is 0.000470. The van der Waals surface area contributed by atoms with Gasteiger partial charge in [-0.2, -0.15) is 0 Å². The van der Waals surface area contributed by atoms with Crippen LogP contribution in [0.15, 0.2) is 85.5 Å². The lowest BCUT2D eigenvalue weighted by Gasteiger charge is -2.15. The standard InChI is InChI=1S/C44H52N8O8/c53-33-10-11-34-36(24-33)42(50-43(34)55)41-35-5-1-2-6-37(35)49-38(41)26-45-25-30-8-9-31-12-16-52(39(31)23-30)28-32-27-51(29-48-32)15-4-3-7-40(54)46-13-17-58-19-21-60-22-20-59-18-14-47-44(56)57/h1-2,5-6,8-12,16,23-24,27,29,42,45,47,49,53H,3-4,7,13-15,17-22,25-26,28H2,(H,46,54)(H,50,55)(H,56,57). The van der Waals surface area contributed by atoms with Gasteiger partial charge in [0.05, 0.1) is 64.2 Å². The lowest BCUT2D eigenvalue weighted by molar-refractivity contribution is -0.121. The topological polar surface area (TPSA) is 206 Å². The molecule has 316 valence electrons. The van der Waals surface area contributed by atoms with E-state index in [9.17, 15) is 19.5 Å². The first kappa shape index (κ1) is 41.9. The number of hydrogen-bond acceptors (Lipinski definition) is 9. The highest BCUT2D eigenvalue weighted by atomic mass is 16.5. The molecular formula is C44H52N8O8. The van der Waals surface area contributed by atoms with Gasteiger partial charge >= 0.3 is 6.09 Å². The molecule has 16 nitrogen and oxygen atoms in total. The fourth-order valence-electron chi connectivity index (χ4n) is 7.50. The number of para-hydroxylation sites is 1. The molecule has 4 heterocycles. The van der Waals surface area contributed by atoms with Crippen molar-refractivity contribution < 1.29 is 38.8 Å². The number of nitrogens with zero attached hydrogens (tertiary/aromatic N) is 3. The number of hydrogen-bond donors (Lipinski definition) is 7. The van der Waals surface area contributed by atoms with Crippen LogP contribution in [0.25, 0.3) is 21.8 Å². The van der Waals surface area contributed by atoms with Gasteiger partial charge in [-0.25, -0.2) is 9.78 Å². The van der Waals surface area contributed by atoms with Gasteiger partial charge in [-0.15, -0.1) is 0 Å². The molecule has 1 unspecified atom stereocenters. The maximum absolute atomic E-state index is 12.9. The SMILES string of the molecule is O=C(O)NCCOCCOCCOCCNC(=O)CCCCn1cnc(Cn2ccc3ccc(CNCc4[nH]c5ccccc5c4C4NC(=O)c5ccc(O)cc54)cc32)c1. The molecule has 16 heteroatoms. The Morgan fingerprint density at radius 2 is 1.65 bits per heavy atom. The van der Waals surface area contributed by atoms with Gasteiger partial charge in [0.2, 0.25) is 5.91 Å². The number of aromatic nitrogens is 4. The van der Waals surface area contributed by atoms with Gasteiger partial charge in [-0.3, -0.25) is 9.59 Å². The zero-order chi connectivity index (χ0) is 41.7. The molecule has 0 fully saturated rings. The molecule has 7 rings (SSSR count). The Bertz CT molecular complexity index is 2390. The van der Waals surface area contributed by atoms with E-state index in [1.165, 1.54) is 0 Å². The number of aromatic hydroxyl groups is 1. The van der Waals surface area contributed by atoms with Crippen LogP contribution in [0.4, 0.5) is 4.79 Å². The van der Waals surface area contributed by atoms with Crippen molar-refractivity contribution in [2.24, 2.45) is 0 Å². The van der Waals surface area contributed by atoms with E-state index in [1.807, 2.05) is 24.5 Å². The van der Waals surface area contributed by atoms with E-state index in [1.54, 1.807) is 18.2 Å². The van der Waals surface area contributed by atoms with Gasteiger partial charge in [-0.1, -0.05) is 30.3 Å². The Morgan fingerprint density at radius 3 is 2.47 bits per heavy atom. The number of fused-ring (bicyclic) bond motifs is 3. The number of rotatable bonds is 24. The first-order valence-corrected chi connectivity index (χ1v) is 20.3. The summed E-state index contributed by atoms with van der Waals surface area (Å²) in [7, 11) is 0. The van der Waals surface area contributed by atoms with Crippen molar-refractivity contribution in [2.75, 3.05) is 52.7 Å². The van der Waals surface area contributed by atoms with Crippen molar-refractivity contribution in [1.29, 1.82) is 0 Å². The van der Waals surface area contributed by atoms with Gasteiger partial charge in [-0.05, 0) is 65.8 Å². The highest BCUT2D eigenvalue weighted by Gasteiger charge is 2.33. The van der Waals surface area contributed by atoms with Crippen LogP contribution in [0.1, 0.15) is 63.7 Å². The van der Waals surface area contributed by atoms with Crippen LogP contribution in [0.2, 0.25) is 0 Å². The Morgan fingerprint density at radius 1 is 0.867 bits per heavy atom. The summed E-state index contributed by atoms with van der Waals surface area (Å²) >= 11 is 0. The zero-order valence-electron chi connectivity index (χ0n) is 33.5. The number of nitrogens with one attached hydrogen (secondary N) is 5. The van der Waals surface area contributed by atoms with Gasteiger partial charge in [0.25, 0.3) is 5.91 Å². The second kappa shape index (κ2) is 20.7. The molecule has 1 aliphatic rings. The van der Waals surface area contributed by atoms with Crippen LogP contribution in [0.3, 0.4) is 0 Å². The molecule has 0 saturated heterocycles. The number of phenolic OH excluding ortho intramolecular Hbond substituents is 1. The molecule has 1 atom stereocenters. The first-order valence-electron chi connectivity index (χ1n) is 20.3. The molecular weight excluding hydrogens is 769 g/mol. The highest BCUT2D eigenvalue weighted by molar-refractivity contribution is 6.01. The summed E-state index contributed by atoms with van der Waals surface area (Å²) in [6.07, 6.45) is 6.99. The number of carbonyl (C=O) groups is 3. The van der Waals surface area contributed by atoms with Crippen LogP contribution >= 0.6 is 0 Å². The normalized spacial score (nSPS) is 13.5. The number of benzene rings is 3. The summed E-state index contributed by atoms with van der Waals surface area (Å²) in [4.78, 5) is 43.7. The van der Waals surface area contributed by atoms with E-state index in [0.717, 1.165) is 69.3 Å². The number of phenols is 1. The van der Waals surface area contributed by atoms with Gasteiger partial charge < -0.3 is 59.8 Å². The highest BCUT2D eigenvalue weighted by Crippen LogP contribution is 2.38. The lowest BCUT2D eigenvalue weighted by Crippen LogP contribution is -2.27. The van der Waals surface area contributed by atoms with Crippen molar-refractivity contribution in [3.05, 3.63) is 119 Å². The van der Waals surface area contributed by atoms with Crippen molar-refractivity contribution in [1.82, 2.24) is 40.4 Å². The summed E-state index contributed by atoms with van der Waals surface area (Å²) in [6, 6.07) is 21.2. The van der Waals surface area contributed by atoms with Gasteiger partial charge in [0.1, 0.15) is 5.75 Å². The molecule has 3 amide bonds. The fraction of sp³-hybridized carbons (Fsp3) is 0.364. The zero-order valence-corrected chi connectivity index (χ0v) is 33.5. The maximum Gasteiger partial charge on any atom is 0.404 e. The first-order chi connectivity index (χ1) is 29.3. The van der Waals surface area contributed by atoms with E-state index < -0.39 is 6.09 Å². The average Bonchev–Trinajstić information content (AvgIpc) is 4.02. The molecule has 7 N–H and O–H groups in total. The Kier molecular flexibility index (Phi) is 14.4. The average molecular weight is 821 g/mol. The molecule has 0 aliphatic carbocycles. The molecule has 3 aromatic carbocycles. The quantitative estimate of drug-likeness (QED) is 0.0416. The van der Waals surface area contributed by atoms with E-state index in [0.29, 0.717) is 77.8 Å². The molecule has 0 bridgehead atoms. The number of unbranched alkanes of at least 4 members (excludes halogenated alkanes) is 1. The number of H-pyrrole nitrogens is 1. The summed E-state index contributed by atoms with van der Waals surface area (Å²) in [5.74, 6) is -0.0183. The molecule has 0 radical (unpaired) electrons. The third kappa shape index (κ3) is 11.1. The van der Waals surface area contributed by atoms with Crippen molar-refractivity contribution in [3.8, 4) is 5.75 Å². The third-order valence-electron chi connectivity index (χ3n) is 10.4. The summed E-state index contributed by atoms with van der Waals surface area (Å²) in [6.45, 7) is 5.55. The van der Waals surface area contributed by atoms with Crippen LogP contribution in [-0.2, 0) is 45.2 Å². The summed E-state index contributed by atoms with van der Waals surface area (Å²) in [5, 5.41) is 32.8. The molecule has 3 aromatic heterocycles. The van der Waals surface area contributed by atoms with Crippen LogP contribution < -0.4 is 21.3 Å². The predicted molar refractivity (Wildman–Crippen MR) is 225 cm³/mol. The van der Waals surface area contributed by atoms with Gasteiger partial charge in [0, 0.05) is 84.8 Å². The van der Waals surface area contributed by atoms with E-state index in [2.05, 4.69) is 83.1 Å². The third-order valence-corrected chi connectivity index (χ3v) is 10.4. The molecule has 60 heavy (non-hydrogen) atoms. The number of ether oxygens (including phenoxy) is 3. The molecule has 0 spiro atoms. The lowest BCUT2D eigenvalue weighted by atomic mass is 9.95. The van der Waals surface area contributed by atoms with E-state index in [-0.39, 0.29) is 30.2 Å². The minimum Gasteiger partial charge on any atom is -0.508 e. The smallest absolute Gasteiger partial charge is 0.404 e. The number of aryl methyl sites for hydroxylation is 1. The summed E-state index contributed by atoms with van der Waals surface area (Å²) in [5.41, 5.74) is 7.53. The number of carbonyl (C=O) groups excluding carboxylic acids is 2. The van der Waals surface area contributed by atoms with E-state index >= 15 is 0 Å². The molecule has 0 saturated carbocycles. The van der Waals surface area contributed by atoms with E-state index in [4.69, 9.17) is 19.3 Å². The number of aromatic amines is 1. The number of carboxylic acid groups (broad SMARTS) is 1. The Hall–Kier alpha value is -6.20. The second-order valence-electron chi connectivity index (χ2n) is 14.7. The van der Waals surface area contributed by atoms with Crippen LogP contribution in [0, 0.1) is 0 Å². The summed E-state index contributed by atoms with van der Waals surface area (Å²) < 4.78 is 20.4. The monoisotopic (exact) mass is 820 g/mol. The van der Waals surface area contributed by atoms with Crippen LogP contribution in [-0.4, -0.2) is 100.0 Å². The predicted octanol–water partition coefficient (Wildman–Crippen LogP) is 4.80. The number of imidazole rings is 1. The maximum atomic E-state index is 12.9.